The van der Waals surface area contributed by atoms with Crippen molar-refractivity contribution in [3.63, 3.8) is 0 Å². The first-order chi connectivity index (χ1) is 14.0. The molecule has 0 atom stereocenters. The quantitative estimate of drug-likeness (QED) is 0.678. The Labute approximate surface area is 177 Å². The van der Waals surface area contributed by atoms with Crippen LogP contribution in [-0.4, -0.2) is 39.3 Å². The molecule has 3 N–H and O–H groups in total. The Hall–Kier alpha value is -3.08. The summed E-state index contributed by atoms with van der Waals surface area (Å²) in [6, 6.07) is 6.17. The minimum absolute atomic E-state index is 0.186. The number of alkyl carbamates (subject to hydrolysis) is 1. The summed E-state index contributed by atoms with van der Waals surface area (Å²) in [5.74, 6) is 1.42. The number of fused-ring (bicyclic) bond motifs is 1. The molecular formula is C22H30N6O2. The van der Waals surface area contributed by atoms with E-state index in [0.29, 0.717) is 11.5 Å². The molecule has 2 heterocycles. The molecule has 0 unspecified atom stereocenters. The Morgan fingerprint density at radius 1 is 1.33 bits per heavy atom. The first-order valence-electron chi connectivity index (χ1n) is 10.2. The number of hydrogen-bond acceptors (Lipinski definition) is 7. The first-order valence-corrected chi connectivity index (χ1v) is 10.2. The number of anilines is 2. The van der Waals surface area contributed by atoms with E-state index in [9.17, 15) is 10.1 Å². The molecule has 1 fully saturated rings. The molecule has 0 spiro atoms. The van der Waals surface area contributed by atoms with Gasteiger partial charge in [0.2, 0.25) is 0 Å². The number of hydrogen-bond donors (Lipinski definition) is 3. The van der Waals surface area contributed by atoms with Crippen molar-refractivity contribution in [1.82, 2.24) is 15.3 Å². The zero-order valence-electron chi connectivity index (χ0n) is 18.5. The maximum atomic E-state index is 12.1. The topological polar surface area (TPSA) is 112 Å². The minimum Gasteiger partial charge on any atom is -0.444 e. The molecule has 0 aliphatic heterocycles. The van der Waals surface area contributed by atoms with Crippen LogP contribution in [0.5, 0.6) is 0 Å². The smallest absolute Gasteiger partial charge is 0.408 e. The van der Waals surface area contributed by atoms with Crippen molar-refractivity contribution in [3.8, 4) is 6.07 Å². The molecule has 8 nitrogen and oxygen atoms in total. The van der Waals surface area contributed by atoms with Gasteiger partial charge in [-0.3, -0.25) is 0 Å². The summed E-state index contributed by atoms with van der Waals surface area (Å²) >= 11 is 0. The van der Waals surface area contributed by atoms with E-state index in [4.69, 9.17) is 4.74 Å². The van der Waals surface area contributed by atoms with Gasteiger partial charge in [-0.25, -0.2) is 14.8 Å². The number of ether oxygens (including phenoxy) is 1. The van der Waals surface area contributed by atoms with Crippen molar-refractivity contribution in [2.24, 2.45) is 0 Å². The Kier molecular flexibility index (Phi) is 5.75. The maximum Gasteiger partial charge on any atom is 0.408 e. The summed E-state index contributed by atoms with van der Waals surface area (Å²) < 4.78 is 5.36. The van der Waals surface area contributed by atoms with E-state index >= 15 is 0 Å². The standard InChI is InChI=1S/C22H30N6O2/c1-13(2)25-19-17-8-18(24-12-14(17)7-15(11-23)27-19)26-16-9-22(6,10-16)28-20(29)30-21(3,4)5/h7-8,12-13,16H,9-10H2,1-6H3,(H,24,26)(H,25,27)(H,28,29)/t16-,22-. The molecule has 0 radical (unpaired) electrons. The largest absolute Gasteiger partial charge is 0.444 e. The number of nitrogens with one attached hydrogen (secondary N) is 3. The molecule has 0 saturated heterocycles. The third-order valence-corrected chi connectivity index (χ3v) is 4.80. The van der Waals surface area contributed by atoms with Gasteiger partial charge < -0.3 is 20.7 Å². The highest BCUT2D eigenvalue weighted by Crippen LogP contribution is 2.35. The van der Waals surface area contributed by atoms with Crippen LogP contribution in [0.15, 0.2) is 18.3 Å². The van der Waals surface area contributed by atoms with Crippen molar-refractivity contribution in [2.75, 3.05) is 10.6 Å². The van der Waals surface area contributed by atoms with Gasteiger partial charge in [0.25, 0.3) is 0 Å². The van der Waals surface area contributed by atoms with E-state index in [1.165, 1.54) is 0 Å². The lowest BCUT2D eigenvalue weighted by atomic mass is 9.74. The zero-order valence-corrected chi connectivity index (χ0v) is 18.5. The van der Waals surface area contributed by atoms with Gasteiger partial charge in [-0.15, -0.1) is 0 Å². The molecule has 2 aromatic rings. The van der Waals surface area contributed by atoms with Crippen LogP contribution in [0.2, 0.25) is 0 Å². The fourth-order valence-electron chi connectivity index (χ4n) is 3.66. The Balaban J connectivity index is 1.69. The van der Waals surface area contributed by atoms with Crippen LogP contribution in [0.3, 0.4) is 0 Å². The fraction of sp³-hybridized carbons (Fsp3) is 0.545. The van der Waals surface area contributed by atoms with Gasteiger partial charge >= 0.3 is 6.09 Å². The van der Waals surface area contributed by atoms with Crippen LogP contribution in [0.4, 0.5) is 16.4 Å². The monoisotopic (exact) mass is 410 g/mol. The van der Waals surface area contributed by atoms with E-state index < -0.39 is 11.7 Å². The highest BCUT2D eigenvalue weighted by molar-refractivity contribution is 5.93. The third kappa shape index (κ3) is 5.29. The van der Waals surface area contributed by atoms with Crippen molar-refractivity contribution in [3.05, 3.63) is 24.0 Å². The van der Waals surface area contributed by atoms with Gasteiger partial charge in [0.05, 0.1) is 0 Å². The lowest BCUT2D eigenvalue weighted by molar-refractivity contribution is 0.0393. The zero-order chi connectivity index (χ0) is 22.1. The van der Waals surface area contributed by atoms with Crippen LogP contribution in [0.1, 0.15) is 60.1 Å². The third-order valence-electron chi connectivity index (χ3n) is 4.80. The molecule has 0 aromatic carbocycles. The molecule has 1 aliphatic carbocycles. The highest BCUT2D eigenvalue weighted by Gasteiger charge is 2.42. The average molecular weight is 411 g/mol. The highest BCUT2D eigenvalue weighted by atomic mass is 16.6. The Morgan fingerprint density at radius 2 is 2.03 bits per heavy atom. The Bertz CT molecular complexity index is 984. The lowest BCUT2D eigenvalue weighted by Crippen LogP contribution is -2.59. The summed E-state index contributed by atoms with van der Waals surface area (Å²) in [7, 11) is 0. The van der Waals surface area contributed by atoms with Crippen LogP contribution in [0, 0.1) is 11.3 Å². The average Bonchev–Trinajstić information content (AvgIpc) is 2.58. The fourth-order valence-corrected chi connectivity index (χ4v) is 3.66. The number of rotatable bonds is 5. The van der Waals surface area contributed by atoms with E-state index in [1.807, 2.05) is 47.6 Å². The van der Waals surface area contributed by atoms with Gasteiger partial charge in [0.1, 0.15) is 29.0 Å². The molecule has 8 heteroatoms. The normalized spacial score (nSPS) is 20.9. The van der Waals surface area contributed by atoms with Gasteiger partial charge in [-0.05, 0) is 66.5 Å². The maximum absolute atomic E-state index is 12.1. The molecule has 2 aromatic heterocycles. The van der Waals surface area contributed by atoms with Gasteiger partial charge in [-0.1, -0.05) is 0 Å². The summed E-state index contributed by atoms with van der Waals surface area (Å²) in [5.41, 5.74) is -0.459. The number of nitrogens with zero attached hydrogens (tertiary/aromatic N) is 3. The predicted octanol–water partition coefficient (Wildman–Crippen LogP) is 4.18. The SMILES string of the molecule is CC(C)Nc1nc(C#N)cc2cnc(N[C@H]3C[C@](C)(NC(=O)OC(C)(C)C)C3)cc12. The molecule has 1 amide bonds. The number of pyridine rings is 2. The molecule has 1 saturated carbocycles. The van der Waals surface area contributed by atoms with Crippen LogP contribution >= 0.6 is 0 Å². The summed E-state index contributed by atoms with van der Waals surface area (Å²) in [6.07, 6.45) is 2.90. The minimum atomic E-state index is -0.516. The second-order valence-electron chi connectivity index (χ2n) is 9.49. The summed E-state index contributed by atoms with van der Waals surface area (Å²) in [5, 5.41) is 20.7. The lowest BCUT2D eigenvalue weighted by Gasteiger charge is -2.46. The van der Waals surface area contributed by atoms with E-state index in [2.05, 4.69) is 32.0 Å². The van der Waals surface area contributed by atoms with Gasteiger partial charge in [0.15, 0.2) is 0 Å². The number of carbonyl (C=O) groups is 1. The van der Waals surface area contributed by atoms with E-state index in [1.54, 1.807) is 12.3 Å². The summed E-state index contributed by atoms with van der Waals surface area (Å²) in [6.45, 7) is 11.6. The Morgan fingerprint density at radius 3 is 2.63 bits per heavy atom. The van der Waals surface area contributed by atoms with Crippen molar-refractivity contribution in [2.45, 2.75) is 77.6 Å². The van der Waals surface area contributed by atoms with Crippen molar-refractivity contribution >= 4 is 28.5 Å². The first kappa shape index (κ1) is 21.6. The number of carbonyl (C=O) groups excluding carboxylic acids is 1. The number of amides is 1. The van der Waals surface area contributed by atoms with Gasteiger partial charge in [0, 0.05) is 34.6 Å². The second kappa shape index (κ2) is 7.98. The van der Waals surface area contributed by atoms with Crippen molar-refractivity contribution < 1.29 is 9.53 Å². The molecule has 3 rings (SSSR count). The van der Waals surface area contributed by atoms with E-state index in [0.717, 1.165) is 29.4 Å². The number of aromatic nitrogens is 2. The predicted molar refractivity (Wildman–Crippen MR) is 117 cm³/mol. The summed E-state index contributed by atoms with van der Waals surface area (Å²) in [4.78, 5) is 21.0. The molecule has 1 aliphatic rings. The van der Waals surface area contributed by atoms with Crippen LogP contribution < -0.4 is 16.0 Å². The molecule has 160 valence electrons. The second-order valence-corrected chi connectivity index (χ2v) is 9.49. The molecule has 30 heavy (non-hydrogen) atoms. The van der Waals surface area contributed by atoms with E-state index in [-0.39, 0.29) is 17.6 Å². The number of nitriles is 1. The van der Waals surface area contributed by atoms with Crippen LogP contribution in [-0.2, 0) is 4.74 Å². The van der Waals surface area contributed by atoms with Gasteiger partial charge in [-0.2, -0.15) is 5.26 Å². The van der Waals surface area contributed by atoms with Crippen LogP contribution in [0.25, 0.3) is 10.8 Å². The van der Waals surface area contributed by atoms with Crippen molar-refractivity contribution in [1.29, 1.82) is 5.26 Å². The molecular weight excluding hydrogens is 380 g/mol. The molecule has 0 bridgehead atoms.